The molecule has 0 aromatic carbocycles. The fraction of sp³-hybridized carbons (Fsp3) is 0.500. The van der Waals surface area contributed by atoms with Gasteiger partial charge in [0.25, 0.3) is 0 Å². The van der Waals surface area contributed by atoms with E-state index in [1.54, 1.807) is 6.20 Å². The summed E-state index contributed by atoms with van der Waals surface area (Å²) in [7, 11) is 1.94. The Morgan fingerprint density at radius 3 is 3.00 bits per heavy atom. The lowest BCUT2D eigenvalue weighted by Gasteiger charge is -1.90. The van der Waals surface area contributed by atoms with Crippen molar-refractivity contribution in [3.8, 4) is 11.8 Å². The molecule has 2 N–H and O–H groups in total. The Labute approximate surface area is 79.0 Å². The SMILES string of the molecule is Cn1ccnc1C#CCCCCN. The van der Waals surface area contributed by atoms with Gasteiger partial charge in [-0.2, -0.15) is 0 Å². The van der Waals surface area contributed by atoms with Crippen LogP contribution >= 0.6 is 0 Å². The Kier molecular flexibility index (Phi) is 4.07. The molecule has 0 fully saturated rings. The van der Waals surface area contributed by atoms with E-state index in [9.17, 15) is 0 Å². The second-order valence-electron chi connectivity index (χ2n) is 2.91. The Hall–Kier alpha value is -1.27. The average Bonchev–Trinajstić information content (AvgIpc) is 2.52. The molecule has 0 spiro atoms. The van der Waals surface area contributed by atoms with Crippen LogP contribution < -0.4 is 5.73 Å². The van der Waals surface area contributed by atoms with E-state index in [-0.39, 0.29) is 0 Å². The normalized spacial score (nSPS) is 9.38. The van der Waals surface area contributed by atoms with E-state index < -0.39 is 0 Å². The van der Waals surface area contributed by atoms with Crippen molar-refractivity contribution in [1.82, 2.24) is 9.55 Å². The molecule has 1 rings (SSSR count). The van der Waals surface area contributed by atoms with Gasteiger partial charge in [-0.1, -0.05) is 5.92 Å². The molecule has 0 aliphatic heterocycles. The molecule has 0 atom stereocenters. The van der Waals surface area contributed by atoms with Crippen LogP contribution in [0.5, 0.6) is 0 Å². The predicted molar refractivity (Wildman–Crippen MR) is 53.0 cm³/mol. The van der Waals surface area contributed by atoms with E-state index >= 15 is 0 Å². The molecular weight excluding hydrogens is 162 g/mol. The van der Waals surface area contributed by atoms with Crippen LogP contribution in [0.1, 0.15) is 25.1 Å². The van der Waals surface area contributed by atoms with Gasteiger partial charge in [-0.15, -0.1) is 0 Å². The van der Waals surface area contributed by atoms with Gasteiger partial charge in [-0.05, 0) is 25.3 Å². The van der Waals surface area contributed by atoms with Gasteiger partial charge in [0.2, 0.25) is 0 Å². The standard InChI is InChI=1S/C10H15N3/c1-13-9-8-12-10(13)6-4-2-3-5-7-11/h8-9H,2-3,5,7,11H2,1H3. The zero-order valence-electron chi connectivity index (χ0n) is 7.95. The maximum Gasteiger partial charge on any atom is 0.185 e. The first-order valence-electron chi connectivity index (χ1n) is 4.51. The van der Waals surface area contributed by atoms with E-state index in [0.717, 1.165) is 31.6 Å². The second kappa shape index (κ2) is 5.39. The van der Waals surface area contributed by atoms with Crippen LogP contribution in [0.15, 0.2) is 12.4 Å². The Bertz CT molecular complexity index is 303. The Morgan fingerprint density at radius 1 is 1.54 bits per heavy atom. The van der Waals surface area contributed by atoms with E-state index in [0.29, 0.717) is 0 Å². The van der Waals surface area contributed by atoms with Crippen LogP contribution in [0.3, 0.4) is 0 Å². The summed E-state index contributed by atoms with van der Waals surface area (Å²) in [5, 5.41) is 0. The molecule has 0 saturated heterocycles. The van der Waals surface area contributed by atoms with Crippen molar-refractivity contribution in [1.29, 1.82) is 0 Å². The smallest absolute Gasteiger partial charge is 0.185 e. The largest absolute Gasteiger partial charge is 0.330 e. The summed E-state index contributed by atoms with van der Waals surface area (Å²) in [6, 6.07) is 0. The zero-order valence-corrected chi connectivity index (χ0v) is 7.95. The van der Waals surface area contributed by atoms with E-state index in [1.165, 1.54) is 0 Å². The number of nitrogens with two attached hydrogens (primary N) is 1. The molecule has 0 bridgehead atoms. The molecule has 3 heteroatoms. The lowest BCUT2D eigenvalue weighted by atomic mass is 10.2. The van der Waals surface area contributed by atoms with Crippen molar-refractivity contribution in [3.05, 3.63) is 18.2 Å². The first-order chi connectivity index (χ1) is 6.34. The fourth-order valence-electron chi connectivity index (χ4n) is 0.985. The van der Waals surface area contributed by atoms with Crippen LogP contribution in [-0.2, 0) is 7.05 Å². The van der Waals surface area contributed by atoms with Gasteiger partial charge in [0.1, 0.15) is 0 Å². The molecular formula is C10H15N3. The van der Waals surface area contributed by atoms with Gasteiger partial charge in [-0.25, -0.2) is 4.98 Å². The van der Waals surface area contributed by atoms with Crippen molar-refractivity contribution in [2.45, 2.75) is 19.3 Å². The van der Waals surface area contributed by atoms with Crippen LogP contribution in [0.2, 0.25) is 0 Å². The zero-order chi connectivity index (χ0) is 9.52. The average molecular weight is 177 g/mol. The first kappa shape index (κ1) is 9.82. The third-order valence-electron chi connectivity index (χ3n) is 1.78. The van der Waals surface area contributed by atoms with Crippen molar-refractivity contribution in [3.63, 3.8) is 0 Å². The number of hydrogen-bond donors (Lipinski definition) is 1. The molecule has 1 aromatic heterocycles. The summed E-state index contributed by atoms with van der Waals surface area (Å²) in [6.07, 6.45) is 6.68. The van der Waals surface area contributed by atoms with Crippen LogP contribution in [-0.4, -0.2) is 16.1 Å². The molecule has 3 nitrogen and oxygen atoms in total. The van der Waals surface area contributed by atoms with Gasteiger partial charge in [-0.3, -0.25) is 0 Å². The minimum Gasteiger partial charge on any atom is -0.330 e. The second-order valence-corrected chi connectivity index (χ2v) is 2.91. The number of unbranched alkanes of at least 4 members (excludes halogenated alkanes) is 2. The minimum absolute atomic E-state index is 0.754. The molecule has 1 heterocycles. The predicted octanol–water partition coefficient (Wildman–Crippen LogP) is 0.901. The molecule has 13 heavy (non-hydrogen) atoms. The van der Waals surface area contributed by atoms with Crippen molar-refractivity contribution >= 4 is 0 Å². The lowest BCUT2D eigenvalue weighted by Crippen LogP contribution is -1.97. The van der Waals surface area contributed by atoms with E-state index in [2.05, 4.69) is 16.8 Å². The van der Waals surface area contributed by atoms with Crippen LogP contribution in [0.25, 0.3) is 0 Å². The number of imidazole rings is 1. The van der Waals surface area contributed by atoms with Gasteiger partial charge in [0, 0.05) is 25.9 Å². The van der Waals surface area contributed by atoms with Gasteiger partial charge in [0.15, 0.2) is 5.82 Å². The highest BCUT2D eigenvalue weighted by molar-refractivity contribution is 5.21. The molecule has 0 aliphatic rings. The highest BCUT2D eigenvalue weighted by Crippen LogP contribution is 1.93. The van der Waals surface area contributed by atoms with E-state index in [4.69, 9.17) is 5.73 Å². The summed E-state index contributed by atoms with van der Waals surface area (Å²) in [4.78, 5) is 4.10. The summed E-state index contributed by atoms with van der Waals surface area (Å²) < 4.78 is 1.91. The van der Waals surface area contributed by atoms with Gasteiger partial charge < -0.3 is 10.3 Å². The van der Waals surface area contributed by atoms with Crippen molar-refractivity contribution in [2.75, 3.05) is 6.54 Å². The molecule has 0 unspecified atom stereocenters. The molecule has 1 aromatic rings. The molecule has 0 amide bonds. The summed E-state index contributed by atoms with van der Waals surface area (Å²) in [5.74, 6) is 6.91. The number of aryl methyl sites for hydroxylation is 1. The maximum atomic E-state index is 5.36. The number of aromatic nitrogens is 2. The molecule has 70 valence electrons. The third-order valence-corrected chi connectivity index (χ3v) is 1.78. The molecule has 0 saturated carbocycles. The summed E-state index contributed by atoms with van der Waals surface area (Å²) in [6.45, 7) is 0.754. The van der Waals surface area contributed by atoms with Crippen molar-refractivity contribution in [2.24, 2.45) is 12.8 Å². The number of rotatable bonds is 3. The maximum absolute atomic E-state index is 5.36. The monoisotopic (exact) mass is 177 g/mol. The highest BCUT2D eigenvalue weighted by Gasteiger charge is 1.90. The lowest BCUT2D eigenvalue weighted by molar-refractivity contribution is 0.767. The first-order valence-corrected chi connectivity index (χ1v) is 4.51. The fourth-order valence-corrected chi connectivity index (χ4v) is 0.985. The van der Waals surface area contributed by atoms with E-state index in [1.807, 2.05) is 17.8 Å². The Morgan fingerprint density at radius 2 is 2.38 bits per heavy atom. The number of hydrogen-bond acceptors (Lipinski definition) is 2. The Balaban J connectivity index is 2.35. The summed E-state index contributed by atoms with van der Waals surface area (Å²) in [5.41, 5.74) is 5.36. The third kappa shape index (κ3) is 3.30. The quantitative estimate of drug-likeness (QED) is 0.550. The molecule has 0 radical (unpaired) electrons. The highest BCUT2D eigenvalue weighted by atomic mass is 15.0. The van der Waals surface area contributed by atoms with Gasteiger partial charge in [0.05, 0.1) is 0 Å². The van der Waals surface area contributed by atoms with Crippen LogP contribution in [0, 0.1) is 11.8 Å². The number of nitrogens with zero attached hydrogens (tertiary/aromatic N) is 2. The molecule has 0 aliphatic carbocycles. The minimum atomic E-state index is 0.754. The van der Waals surface area contributed by atoms with Crippen molar-refractivity contribution < 1.29 is 0 Å². The topological polar surface area (TPSA) is 43.8 Å². The summed E-state index contributed by atoms with van der Waals surface area (Å²) >= 11 is 0. The van der Waals surface area contributed by atoms with Gasteiger partial charge >= 0.3 is 0 Å². The van der Waals surface area contributed by atoms with Crippen LogP contribution in [0.4, 0.5) is 0 Å².